The van der Waals surface area contributed by atoms with Gasteiger partial charge in [-0.25, -0.2) is 13.9 Å². The van der Waals surface area contributed by atoms with Gasteiger partial charge in [0, 0.05) is 19.8 Å². The van der Waals surface area contributed by atoms with E-state index in [1.165, 1.54) is 68.0 Å². The number of carbonyl (C=O) groups is 4. The Morgan fingerprint density at radius 3 is 1.46 bits per heavy atom. The summed E-state index contributed by atoms with van der Waals surface area (Å²) >= 11 is 0. The quantitative estimate of drug-likeness (QED) is 0.0569. The first-order chi connectivity index (χ1) is 27.5. The maximum absolute atomic E-state index is 14.1. The van der Waals surface area contributed by atoms with Crippen LogP contribution in [0, 0.1) is 10.8 Å². The van der Waals surface area contributed by atoms with Crippen LogP contribution in [0.25, 0.3) is 5.69 Å². The third kappa shape index (κ3) is 17.0. The van der Waals surface area contributed by atoms with Crippen LogP contribution in [0.1, 0.15) is 55.6 Å². The van der Waals surface area contributed by atoms with Crippen LogP contribution in [0.5, 0.6) is 17.2 Å². The predicted molar refractivity (Wildman–Crippen MR) is 204 cm³/mol. The maximum Gasteiger partial charge on any atom is 0.469 e. The number of rotatable bonds is 27. The van der Waals surface area contributed by atoms with Crippen molar-refractivity contribution in [1.29, 1.82) is 0 Å². The Hall–Kier alpha value is -3.76. The molecule has 4 N–H and O–H groups in total. The van der Waals surface area contributed by atoms with Crippen molar-refractivity contribution in [2.75, 3.05) is 93.9 Å². The van der Waals surface area contributed by atoms with E-state index in [0.29, 0.717) is 5.75 Å². The Bertz CT molecular complexity index is 1800. The van der Waals surface area contributed by atoms with E-state index in [-0.39, 0.29) is 84.1 Å². The number of carbonyl (C=O) groups excluding carboxylic acids is 4. The average molecular weight is 885 g/mol. The van der Waals surface area contributed by atoms with E-state index in [9.17, 15) is 28.3 Å². The number of phosphoric acid groups is 2. The summed E-state index contributed by atoms with van der Waals surface area (Å²) in [4.78, 5) is 92.0. The lowest BCUT2D eigenvalue weighted by Crippen LogP contribution is -2.36. The van der Waals surface area contributed by atoms with Crippen molar-refractivity contribution >= 4 is 39.5 Å². The molecule has 0 aliphatic rings. The minimum absolute atomic E-state index is 0.0221. The number of phosphoric ester groups is 2. The molecule has 2 rings (SSSR count). The molecule has 1 aromatic heterocycles. The maximum atomic E-state index is 14.1. The number of amides is 1. The summed E-state index contributed by atoms with van der Waals surface area (Å²) in [6, 6.07) is 6.13. The van der Waals surface area contributed by atoms with Gasteiger partial charge in [-0.05, 0) is 58.9 Å². The van der Waals surface area contributed by atoms with Crippen LogP contribution in [0.3, 0.4) is 0 Å². The lowest BCUT2D eigenvalue weighted by atomic mass is 9.95. The molecule has 0 spiro atoms. The van der Waals surface area contributed by atoms with Crippen LogP contribution < -0.4 is 14.2 Å². The van der Waals surface area contributed by atoms with Gasteiger partial charge in [0.05, 0.1) is 90.6 Å². The predicted octanol–water partition coefficient (Wildman–Crippen LogP) is 2.51. The molecular weight excluding hydrogens is 830 g/mol. The number of methoxy groups -OCH3 is 1. The lowest BCUT2D eigenvalue weighted by Gasteiger charge is -2.24. The number of hydrogen-bond acceptors (Lipinski definition) is 16. The molecule has 59 heavy (non-hydrogen) atoms. The SMILES string of the molecule is CCOC(=O)c1c(OC(=O)C(C)(C)COCCOCCOP(=O)(O)O)c(OC(=O)C(C)(C)COCCOCCOP(=O)(O)O)c(C(=O)N(C)C)n1-c1ccc(OC)cc1. The van der Waals surface area contributed by atoms with Crippen molar-refractivity contribution in [3.8, 4) is 22.9 Å². The largest absolute Gasteiger partial charge is 0.497 e. The summed E-state index contributed by atoms with van der Waals surface area (Å²) in [6.45, 7) is 5.63. The van der Waals surface area contributed by atoms with E-state index in [2.05, 4.69) is 9.05 Å². The number of esters is 3. The molecule has 0 fully saturated rings. The van der Waals surface area contributed by atoms with Crippen molar-refractivity contribution in [2.24, 2.45) is 10.8 Å². The second-order valence-electron chi connectivity index (χ2n) is 13.8. The minimum atomic E-state index is -4.65. The highest BCUT2D eigenvalue weighted by molar-refractivity contribution is 7.46. The zero-order valence-corrected chi connectivity index (χ0v) is 36.0. The first-order valence-corrected chi connectivity index (χ1v) is 21.0. The van der Waals surface area contributed by atoms with Crippen molar-refractivity contribution in [2.45, 2.75) is 34.6 Å². The molecule has 0 aliphatic heterocycles. The third-order valence-electron chi connectivity index (χ3n) is 7.63. The fourth-order valence-corrected chi connectivity index (χ4v) is 5.23. The van der Waals surface area contributed by atoms with Gasteiger partial charge in [0.2, 0.25) is 11.5 Å². The van der Waals surface area contributed by atoms with Crippen LogP contribution >= 0.6 is 15.6 Å². The van der Waals surface area contributed by atoms with E-state index in [1.54, 1.807) is 12.1 Å². The number of hydrogen-bond donors (Lipinski definition) is 4. The summed E-state index contributed by atoms with van der Waals surface area (Å²) in [7, 11) is -5.02. The first-order valence-electron chi connectivity index (χ1n) is 17.9. The Labute approximate surface area is 341 Å². The molecule has 1 amide bonds. The van der Waals surface area contributed by atoms with Gasteiger partial charge in [0.15, 0.2) is 11.4 Å². The van der Waals surface area contributed by atoms with Crippen molar-refractivity contribution in [3.63, 3.8) is 0 Å². The molecule has 0 saturated carbocycles. The van der Waals surface area contributed by atoms with Crippen molar-refractivity contribution < 1.29 is 94.8 Å². The Kier molecular flexibility index (Phi) is 20.3. The minimum Gasteiger partial charge on any atom is -0.497 e. The molecular formula is C35H54N2O20P2. The summed E-state index contributed by atoms with van der Waals surface area (Å²) in [5, 5.41) is 0. The normalized spacial score (nSPS) is 12.3. The van der Waals surface area contributed by atoms with Gasteiger partial charge >= 0.3 is 33.6 Å². The standard InChI is InChI=1S/C35H54N2O20P2/c1-9-53-31(39)27-29(57-33(41)35(4,5)23-52-17-15-50-19-21-55-59(45,46)47)28(26(30(38)36(6)7)37(27)24-10-12-25(48-8)13-11-24)56-32(40)34(2,3)22-51-16-14-49-18-20-54-58(42,43)44/h10-13H,9,14-23H2,1-8H3,(H2,42,43,44)(H2,45,46,47). The summed E-state index contributed by atoms with van der Waals surface area (Å²) in [6.07, 6.45) is 0. The van der Waals surface area contributed by atoms with E-state index in [1.807, 2.05) is 0 Å². The molecule has 24 heteroatoms. The Balaban J connectivity index is 2.53. The number of nitrogens with zero attached hydrogens (tertiary/aromatic N) is 2. The van der Waals surface area contributed by atoms with Crippen LogP contribution in [0.4, 0.5) is 0 Å². The highest BCUT2D eigenvalue weighted by atomic mass is 31.2. The molecule has 2 aromatic rings. The van der Waals surface area contributed by atoms with Gasteiger partial charge in [-0.1, -0.05) is 0 Å². The van der Waals surface area contributed by atoms with Gasteiger partial charge in [-0.3, -0.25) is 28.0 Å². The third-order valence-corrected chi connectivity index (χ3v) is 8.67. The number of aromatic nitrogens is 1. The van der Waals surface area contributed by atoms with Crippen LogP contribution in [-0.2, 0) is 51.5 Å². The average Bonchev–Trinajstić information content (AvgIpc) is 3.45. The Morgan fingerprint density at radius 2 is 1.07 bits per heavy atom. The first kappa shape index (κ1) is 51.4. The molecule has 0 radical (unpaired) electrons. The van der Waals surface area contributed by atoms with E-state index in [0.717, 1.165) is 9.47 Å². The second kappa shape index (κ2) is 23.3. The van der Waals surface area contributed by atoms with Gasteiger partial charge in [0.1, 0.15) is 5.75 Å². The van der Waals surface area contributed by atoms with E-state index in [4.69, 9.17) is 57.5 Å². The molecule has 0 aliphatic carbocycles. The van der Waals surface area contributed by atoms with Crippen LogP contribution in [0.15, 0.2) is 24.3 Å². The molecule has 0 saturated heterocycles. The fourth-order valence-electron chi connectivity index (χ4n) is 4.60. The molecule has 0 atom stereocenters. The van der Waals surface area contributed by atoms with E-state index >= 15 is 0 Å². The molecule has 1 aromatic carbocycles. The monoisotopic (exact) mass is 884 g/mol. The van der Waals surface area contributed by atoms with Crippen molar-refractivity contribution in [1.82, 2.24) is 9.47 Å². The number of benzene rings is 1. The van der Waals surface area contributed by atoms with E-state index < -0.39 is 67.5 Å². The zero-order chi connectivity index (χ0) is 44.6. The molecule has 334 valence electrons. The molecule has 1 heterocycles. The smallest absolute Gasteiger partial charge is 0.469 e. The Morgan fingerprint density at radius 1 is 0.661 bits per heavy atom. The van der Waals surface area contributed by atoms with Gasteiger partial charge in [0.25, 0.3) is 5.91 Å². The molecule has 0 bridgehead atoms. The summed E-state index contributed by atoms with van der Waals surface area (Å²) in [5.41, 5.74) is -3.53. The topological polar surface area (TPSA) is 284 Å². The summed E-state index contributed by atoms with van der Waals surface area (Å²) < 4.78 is 75.5. The lowest BCUT2D eigenvalue weighted by molar-refractivity contribution is -0.150. The van der Waals surface area contributed by atoms with Crippen LogP contribution in [0.2, 0.25) is 0 Å². The van der Waals surface area contributed by atoms with Crippen LogP contribution in [-0.4, -0.2) is 147 Å². The fraction of sp³-hybridized carbons (Fsp3) is 0.600. The van der Waals surface area contributed by atoms with Gasteiger partial charge < -0.3 is 62.4 Å². The van der Waals surface area contributed by atoms with Gasteiger partial charge in [-0.15, -0.1) is 0 Å². The second-order valence-corrected chi connectivity index (χ2v) is 16.3. The highest BCUT2D eigenvalue weighted by Gasteiger charge is 2.42. The van der Waals surface area contributed by atoms with Gasteiger partial charge in [-0.2, -0.15) is 0 Å². The number of ether oxygens (including phenoxy) is 8. The molecule has 0 unspecified atom stereocenters. The zero-order valence-electron chi connectivity index (χ0n) is 34.2. The highest BCUT2D eigenvalue weighted by Crippen LogP contribution is 2.44. The van der Waals surface area contributed by atoms with Crippen molar-refractivity contribution in [3.05, 3.63) is 35.7 Å². The summed E-state index contributed by atoms with van der Waals surface area (Å²) in [5.74, 6) is -4.49. The molecule has 22 nitrogen and oxygen atoms in total.